The summed E-state index contributed by atoms with van der Waals surface area (Å²) in [5.74, 6) is -1.76. The van der Waals surface area contributed by atoms with Gasteiger partial charge in [-0.15, -0.1) is 6.58 Å². The van der Waals surface area contributed by atoms with Gasteiger partial charge in [0.2, 0.25) is 0 Å². The van der Waals surface area contributed by atoms with Gasteiger partial charge in [0, 0.05) is 5.56 Å². The monoisotopic (exact) mass is 494 g/mol. The molecule has 1 fully saturated rings. The summed E-state index contributed by atoms with van der Waals surface area (Å²) < 4.78 is 16.5. The van der Waals surface area contributed by atoms with Crippen molar-refractivity contribution in [2.45, 2.75) is 20.3 Å². The Bertz CT molecular complexity index is 1220. The van der Waals surface area contributed by atoms with Crippen molar-refractivity contribution in [1.82, 2.24) is 5.32 Å². The molecule has 0 aliphatic carbocycles. The summed E-state index contributed by atoms with van der Waals surface area (Å²) in [6.45, 7) is 7.43. The second kappa shape index (κ2) is 11.7. The van der Waals surface area contributed by atoms with Gasteiger partial charge in [-0.05, 0) is 68.3 Å². The van der Waals surface area contributed by atoms with E-state index in [4.69, 9.17) is 19.3 Å². The van der Waals surface area contributed by atoms with Crippen molar-refractivity contribution >= 4 is 35.6 Å². The first-order valence-corrected chi connectivity index (χ1v) is 11.2. The molecule has 3 rings (SSSR count). The number of amides is 4. The van der Waals surface area contributed by atoms with Crippen LogP contribution in [0.25, 0.3) is 6.08 Å². The molecule has 1 aliphatic heterocycles. The lowest BCUT2D eigenvalue weighted by atomic mass is 10.0. The number of hydrogen-bond acceptors (Lipinski definition) is 7. The van der Waals surface area contributed by atoms with E-state index in [2.05, 4.69) is 11.9 Å². The second-order valence-electron chi connectivity index (χ2n) is 7.50. The number of imide groups is 2. The second-order valence-corrected chi connectivity index (χ2v) is 7.50. The molecule has 188 valence electrons. The lowest BCUT2D eigenvalue weighted by Crippen LogP contribution is -2.54. The summed E-state index contributed by atoms with van der Waals surface area (Å²) in [6, 6.07) is 8.60. The van der Waals surface area contributed by atoms with Gasteiger partial charge in [0.1, 0.15) is 11.3 Å². The van der Waals surface area contributed by atoms with Crippen LogP contribution in [-0.2, 0) is 20.8 Å². The van der Waals surface area contributed by atoms with Gasteiger partial charge in [-0.3, -0.25) is 14.9 Å². The number of carbonyl (C=O) groups excluding carboxylic acids is 3. The molecule has 0 saturated carbocycles. The highest BCUT2D eigenvalue weighted by Crippen LogP contribution is 2.35. The Morgan fingerprint density at radius 1 is 1.06 bits per heavy atom. The van der Waals surface area contributed by atoms with Crippen LogP contribution in [-0.4, -0.2) is 48.7 Å². The number of ether oxygens (including phenoxy) is 3. The first-order chi connectivity index (χ1) is 17.3. The maximum Gasteiger partial charge on any atom is 0.341 e. The molecule has 0 bridgehead atoms. The number of carboxylic acids is 1. The van der Waals surface area contributed by atoms with Crippen molar-refractivity contribution in [1.29, 1.82) is 0 Å². The third-order valence-corrected chi connectivity index (χ3v) is 4.98. The molecule has 2 aromatic carbocycles. The normalized spacial score (nSPS) is 14.4. The molecule has 2 N–H and O–H groups in total. The molecule has 1 heterocycles. The summed E-state index contributed by atoms with van der Waals surface area (Å²) in [7, 11) is 0. The topological polar surface area (TPSA) is 131 Å². The molecule has 2 aromatic rings. The predicted molar refractivity (Wildman–Crippen MR) is 131 cm³/mol. The number of aliphatic carboxylic acids is 1. The predicted octanol–water partition coefficient (Wildman–Crippen LogP) is 3.34. The van der Waals surface area contributed by atoms with E-state index >= 15 is 0 Å². The molecule has 10 nitrogen and oxygen atoms in total. The van der Waals surface area contributed by atoms with E-state index < -0.39 is 30.4 Å². The number of benzene rings is 2. The number of carboxylic acid groups (broad SMARTS) is 1. The Hall–Kier alpha value is -4.60. The fourth-order valence-corrected chi connectivity index (χ4v) is 3.55. The molecule has 0 unspecified atom stereocenters. The van der Waals surface area contributed by atoms with Gasteiger partial charge in [0.05, 0.1) is 18.9 Å². The van der Waals surface area contributed by atoms with Crippen molar-refractivity contribution in [3.05, 3.63) is 65.8 Å². The van der Waals surface area contributed by atoms with Gasteiger partial charge in [-0.2, -0.15) is 0 Å². The van der Waals surface area contributed by atoms with Crippen molar-refractivity contribution < 1.29 is 38.5 Å². The van der Waals surface area contributed by atoms with E-state index in [1.165, 1.54) is 12.1 Å². The molecule has 36 heavy (non-hydrogen) atoms. The van der Waals surface area contributed by atoms with E-state index in [-0.39, 0.29) is 29.4 Å². The standard InChI is InChI=1S/C26H26N2O8/c1-4-7-17-12-16(14-21(35-6-3)23(17)36-15-22(29)30)13-20-24(31)27-26(33)28(25(20)32)18-8-10-19(11-9-18)34-5-2/h4,8-14H,1,5-7,15H2,2-3H3,(H,29,30)(H,27,31,33)/b20-13+. The smallest absolute Gasteiger partial charge is 0.341 e. The first kappa shape index (κ1) is 26.0. The maximum absolute atomic E-state index is 13.2. The summed E-state index contributed by atoms with van der Waals surface area (Å²) in [4.78, 5) is 50.2. The van der Waals surface area contributed by atoms with Gasteiger partial charge >= 0.3 is 12.0 Å². The number of carbonyl (C=O) groups is 4. The summed E-state index contributed by atoms with van der Waals surface area (Å²) in [5, 5.41) is 11.2. The molecule has 0 spiro atoms. The highest BCUT2D eigenvalue weighted by Gasteiger charge is 2.37. The lowest BCUT2D eigenvalue weighted by Gasteiger charge is -2.26. The summed E-state index contributed by atoms with van der Waals surface area (Å²) >= 11 is 0. The van der Waals surface area contributed by atoms with E-state index in [1.54, 1.807) is 43.3 Å². The molecule has 10 heteroatoms. The average molecular weight is 495 g/mol. The van der Waals surface area contributed by atoms with Crippen LogP contribution in [0.4, 0.5) is 10.5 Å². The Labute approximate surface area is 207 Å². The number of urea groups is 1. The van der Waals surface area contributed by atoms with Crippen molar-refractivity contribution in [3.63, 3.8) is 0 Å². The minimum Gasteiger partial charge on any atom is -0.494 e. The van der Waals surface area contributed by atoms with Crippen LogP contribution >= 0.6 is 0 Å². The molecular formula is C26H26N2O8. The van der Waals surface area contributed by atoms with Gasteiger partial charge in [-0.1, -0.05) is 6.08 Å². The van der Waals surface area contributed by atoms with E-state index in [9.17, 15) is 19.2 Å². The van der Waals surface area contributed by atoms with Crippen LogP contribution in [0.5, 0.6) is 17.2 Å². The van der Waals surface area contributed by atoms with Crippen LogP contribution in [0.2, 0.25) is 0 Å². The van der Waals surface area contributed by atoms with Crippen LogP contribution in [0, 0.1) is 0 Å². The summed E-state index contributed by atoms with van der Waals surface area (Å²) in [6.07, 6.45) is 3.24. The Morgan fingerprint density at radius 3 is 2.36 bits per heavy atom. The van der Waals surface area contributed by atoms with Crippen LogP contribution in [0.3, 0.4) is 0 Å². The Kier molecular flexibility index (Phi) is 8.45. The number of hydrogen-bond donors (Lipinski definition) is 2. The maximum atomic E-state index is 13.2. The molecule has 0 aromatic heterocycles. The molecule has 4 amide bonds. The first-order valence-electron chi connectivity index (χ1n) is 11.2. The highest BCUT2D eigenvalue weighted by molar-refractivity contribution is 6.39. The third-order valence-electron chi connectivity index (χ3n) is 4.98. The number of rotatable bonds is 11. The van der Waals surface area contributed by atoms with E-state index in [0.717, 1.165) is 4.90 Å². The lowest BCUT2D eigenvalue weighted by molar-refractivity contribution is -0.139. The third kappa shape index (κ3) is 5.90. The zero-order valence-electron chi connectivity index (χ0n) is 19.9. The van der Waals surface area contributed by atoms with Crippen molar-refractivity contribution in [2.75, 3.05) is 24.7 Å². The van der Waals surface area contributed by atoms with Crippen molar-refractivity contribution in [3.8, 4) is 17.2 Å². The van der Waals surface area contributed by atoms with Crippen LogP contribution < -0.4 is 24.4 Å². The fraction of sp³-hybridized carbons (Fsp3) is 0.231. The zero-order chi connectivity index (χ0) is 26.2. The number of nitrogens with one attached hydrogen (secondary N) is 1. The van der Waals surface area contributed by atoms with E-state index in [1.807, 2.05) is 6.92 Å². The minimum atomic E-state index is -1.16. The zero-order valence-corrected chi connectivity index (χ0v) is 19.9. The van der Waals surface area contributed by atoms with Gasteiger partial charge in [-0.25, -0.2) is 14.5 Å². The number of anilines is 1. The highest BCUT2D eigenvalue weighted by atomic mass is 16.5. The largest absolute Gasteiger partial charge is 0.494 e. The van der Waals surface area contributed by atoms with Gasteiger partial charge in [0.15, 0.2) is 18.1 Å². The Morgan fingerprint density at radius 2 is 1.75 bits per heavy atom. The van der Waals surface area contributed by atoms with Crippen LogP contribution in [0.15, 0.2) is 54.6 Å². The molecular weight excluding hydrogens is 468 g/mol. The molecule has 0 atom stereocenters. The summed E-state index contributed by atoms with van der Waals surface area (Å²) in [5.41, 5.74) is 0.957. The molecule has 1 saturated heterocycles. The van der Waals surface area contributed by atoms with Crippen LogP contribution in [0.1, 0.15) is 25.0 Å². The van der Waals surface area contributed by atoms with E-state index in [0.29, 0.717) is 29.9 Å². The SMILES string of the molecule is C=CCc1cc(/C=C2\C(=O)NC(=O)N(c3ccc(OCC)cc3)C2=O)cc(OCC)c1OCC(=O)O. The van der Waals surface area contributed by atoms with Gasteiger partial charge in [0.25, 0.3) is 11.8 Å². The molecule has 1 aliphatic rings. The molecule has 0 radical (unpaired) electrons. The number of allylic oxidation sites excluding steroid dienone is 1. The number of barbiturate groups is 1. The van der Waals surface area contributed by atoms with Crippen molar-refractivity contribution in [2.24, 2.45) is 0 Å². The fourth-order valence-electron chi connectivity index (χ4n) is 3.55. The minimum absolute atomic E-state index is 0.229. The quantitative estimate of drug-likeness (QED) is 0.276. The average Bonchev–Trinajstić information content (AvgIpc) is 2.82. The Balaban J connectivity index is 2.03. The number of nitrogens with zero attached hydrogens (tertiary/aromatic N) is 1. The van der Waals surface area contributed by atoms with Gasteiger partial charge < -0.3 is 19.3 Å².